The number of hydrogen-bond donors (Lipinski definition) is 1. The summed E-state index contributed by atoms with van der Waals surface area (Å²) in [6, 6.07) is 0. The molecule has 1 rings (SSSR count). The van der Waals surface area contributed by atoms with Crippen LogP contribution in [0.25, 0.3) is 0 Å². The third-order valence-corrected chi connectivity index (χ3v) is 4.32. The summed E-state index contributed by atoms with van der Waals surface area (Å²) in [5, 5.41) is 7.64. The molecule has 0 aliphatic heterocycles. The highest BCUT2D eigenvalue weighted by atomic mass is 16.1. The van der Waals surface area contributed by atoms with E-state index in [4.69, 9.17) is 0 Å². The Balaban J connectivity index is 2.45. The molecule has 1 N–H and O–H groups in total. The van der Waals surface area contributed by atoms with Gasteiger partial charge in [-0.3, -0.25) is 9.48 Å². The molecule has 0 atom stereocenters. The van der Waals surface area contributed by atoms with Crippen LogP contribution in [0.1, 0.15) is 51.1 Å². The molecule has 0 aliphatic rings. The SMILES string of the molecule is CCN(CC)CCNC(=O)CCc1c(C)nn(CC(C)C)c1C. The van der Waals surface area contributed by atoms with Crippen LogP contribution in [0.4, 0.5) is 0 Å². The molecule has 0 saturated heterocycles. The fourth-order valence-electron chi connectivity index (χ4n) is 2.84. The number of aryl methyl sites for hydroxylation is 1. The normalized spacial score (nSPS) is 11.5. The fourth-order valence-corrected chi connectivity index (χ4v) is 2.84. The lowest BCUT2D eigenvalue weighted by Crippen LogP contribution is -2.34. The van der Waals surface area contributed by atoms with Gasteiger partial charge in [0.05, 0.1) is 5.69 Å². The van der Waals surface area contributed by atoms with Crippen molar-refractivity contribution in [1.29, 1.82) is 0 Å². The lowest BCUT2D eigenvalue weighted by atomic mass is 10.1. The predicted octanol–water partition coefficient (Wildman–Crippen LogP) is 2.55. The van der Waals surface area contributed by atoms with Gasteiger partial charge < -0.3 is 10.2 Å². The minimum atomic E-state index is 0.132. The van der Waals surface area contributed by atoms with Gasteiger partial charge in [-0.25, -0.2) is 0 Å². The molecule has 132 valence electrons. The Morgan fingerprint density at radius 2 is 1.91 bits per heavy atom. The molecule has 1 aromatic rings. The maximum absolute atomic E-state index is 12.0. The molecule has 0 aromatic carbocycles. The van der Waals surface area contributed by atoms with Crippen LogP contribution >= 0.6 is 0 Å². The van der Waals surface area contributed by atoms with Crippen LogP contribution in [-0.2, 0) is 17.8 Å². The predicted molar refractivity (Wildman–Crippen MR) is 95.7 cm³/mol. The lowest BCUT2D eigenvalue weighted by molar-refractivity contribution is -0.121. The number of carbonyl (C=O) groups excluding carboxylic acids is 1. The molecule has 0 fully saturated rings. The van der Waals surface area contributed by atoms with Crippen molar-refractivity contribution in [3.63, 3.8) is 0 Å². The molecule has 0 unspecified atom stereocenters. The maximum Gasteiger partial charge on any atom is 0.220 e. The largest absolute Gasteiger partial charge is 0.355 e. The molecule has 0 radical (unpaired) electrons. The summed E-state index contributed by atoms with van der Waals surface area (Å²) >= 11 is 0. The van der Waals surface area contributed by atoms with Gasteiger partial charge in [0.1, 0.15) is 0 Å². The molecule has 5 nitrogen and oxygen atoms in total. The first kappa shape index (κ1) is 19.7. The zero-order chi connectivity index (χ0) is 17.4. The van der Waals surface area contributed by atoms with Gasteiger partial charge in [-0.15, -0.1) is 0 Å². The zero-order valence-corrected chi connectivity index (χ0v) is 15.8. The third kappa shape index (κ3) is 6.34. The number of hydrogen-bond acceptors (Lipinski definition) is 3. The Labute approximate surface area is 141 Å². The first-order chi connectivity index (χ1) is 10.9. The Morgan fingerprint density at radius 1 is 1.26 bits per heavy atom. The number of rotatable bonds is 10. The number of amides is 1. The number of nitrogens with zero attached hydrogens (tertiary/aromatic N) is 3. The van der Waals surface area contributed by atoms with Gasteiger partial charge in [0.25, 0.3) is 0 Å². The fraction of sp³-hybridized carbons (Fsp3) is 0.778. The van der Waals surface area contributed by atoms with Crippen LogP contribution in [-0.4, -0.2) is 46.8 Å². The third-order valence-electron chi connectivity index (χ3n) is 4.32. The average Bonchev–Trinajstić information content (AvgIpc) is 2.75. The van der Waals surface area contributed by atoms with E-state index in [0.29, 0.717) is 12.3 Å². The van der Waals surface area contributed by atoms with Gasteiger partial charge in [0, 0.05) is 31.7 Å². The van der Waals surface area contributed by atoms with Crippen molar-refractivity contribution in [2.45, 2.75) is 60.9 Å². The van der Waals surface area contributed by atoms with E-state index in [1.807, 2.05) is 6.92 Å². The van der Waals surface area contributed by atoms with E-state index in [-0.39, 0.29) is 5.91 Å². The van der Waals surface area contributed by atoms with Crippen molar-refractivity contribution >= 4 is 5.91 Å². The van der Waals surface area contributed by atoms with Crippen LogP contribution in [0.5, 0.6) is 0 Å². The van der Waals surface area contributed by atoms with Crippen LogP contribution in [0, 0.1) is 19.8 Å². The molecule has 1 heterocycles. The summed E-state index contributed by atoms with van der Waals surface area (Å²) < 4.78 is 2.08. The van der Waals surface area contributed by atoms with Crippen molar-refractivity contribution in [1.82, 2.24) is 20.0 Å². The number of aromatic nitrogens is 2. The summed E-state index contributed by atoms with van der Waals surface area (Å²) in [5.74, 6) is 0.705. The first-order valence-electron chi connectivity index (χ1n) is 8.90. The first-order valence-corrected chi connectivity index (χ1v) is 8.90. The van der Waals surface area contributed by atoms with Gasteiger partial charge in [0.15, 0.2) is 0 Å². The Morgan fingerprint density at radius 3 is 2.48 bits per heavy atom. The second-order valence-electron chi connectivity index (χ2n) is 6.60. The molecule has 0 bridgehead atoms. The quantitative estimate of drug-likeness (QED) is 0.720. The van der Waals surface area contributed by atoms with Gasteiger partial charge >= 0.3 is 0 Å². The Kier molecular flexibility index (Phi) is 8.31. The molecule has 0 spiro atoms. The molecule has 1 aromatic heterocycles. The minimum Gasteiger partial charge on any atom is -0.355 e. The van der Waals surface area contributed by atoms with Crippen LogP contribution < -0.4 is 5.32 Å². The van der Waals surface area contributed by atoms with Crippen molar-refractivity contribution in [3.8, 4) is 0 Å². The second kappa shape index (κ2) is 9.71. The maximum atomic E-state index is 12.0. The van der Waals surface area contributed by atoms with Crippen LogP contribution in [0.3, 0.4) is 0 Å². The Bertz CT molecular complexity index is 489. The Hall–Kier alpha value is -1.36. The van der Waals surface area contributed by atoms with Crippen LogP contribution in [0.15, 0.2) is 0 Å². The van der Waals surface area contributed by atoms with Crippen molar-refractivity contribution in [2.24, 2.45) is 5.92 Å². The molecule has 0 saturated carbocycles. The highest BCUT2D eigenvalue weighted by Crippen LogP contribution is 2.16. The highest BCUT2D eigenvalue weighted by molar-refractivity contribution is 5.76. The summed E-state index contributed by atoms with van der Waals surface area (Å²) in [5.41, 5.74) is 3.48. The highest BCUT2D eigenvalue weighted by Gasteiger charge is 2.13. The van der Waals surface area contributed by atoms with Crippen molar-refractivity contribution < 1.29 is 4.79 Å². The molecule has 23 heavy (non-hydrogen) atoms. The smallest absolute Gasteiger partial charge is 0.220 e. The topological polar surface area (TPSA) is 50.2 Å². The van der Waals surface area contributed by atoms with Gasteiger partial charge in [0.2, 0.25) is 5.91 Å². The van der Waals surface area contributed by atoms with Crippen LogP contribution in [0.2, 0.25) is 0 Å². The van der Waals surface area contributed by atoms with E-state index in [2.05, 4.69) is 54.6 Å². The van der Waals surface area contributed by atoms with Gasteiger partial charge in [-0.05, 0) is 44.8 Å². The van der Waals surface area contributed by atoms with Crippen molar-refractivity contribution in [2.75, 3.05) is 26.2 Å². The average molecular weight is 322 g/mol. The molecular weight excluding hydrogens is 288 g/mol. The standard InChI is InChI=1S/C18H34N4O/c1-7-21(8-2)12-11-19-18(23)10-9-17-15(5)20-22(16(17)6)13-14(3)4/h14H,7-13H2,1-6H3,(H,19,23). The van der Waals surface area contributed by atoms with Gasteiger partial charge in [-0.2, -0.15) is 5.10 Å². The second-order valence-corrected chi connectivity index (χ2v) is 6.60. The summed E-state index contributed by atoms with van der Waals surface area (Å²) in [4.78, 5) is 14.3. The van der Waals surface area contributed by atoms with Gasteiger partial charge in [-0.1, -0.05) is 27.7 Å². The number of nitrogens with one attached hydrogen (secondary N) is 1. The minimum absolute atomic E-state index is 0.132. The van der Waals surface area contributed by atoms with E-state index >= 15 is 0 Å². The van der Waals surface area contributed by atoms with E-state index < -0.39 is 0 Å². The van der Waals surface area contributed by atoms with E-state index in [9.17, 15) is 4.79 Å². The van der Waals surface area contributed by atoms with E-state index in [1.54, 1.807) is 0 Å². The number of carbonyl (C=O) groups is 1. The summed E-state index contributed by atoms with van der Waals surface area (Å²) in [6.07, 6.45) is 1.31. The molecule has 0 aliphatic carbocycles. The van der Waals surface area contributed by atoms with Crippen molar-refractivity contribution in [3.05, 3.63) is 17.0 Å². The molecule has 5 heteroatoms. The lowest BCUT2D eigenvalue weighted by Gasteiger charge is -2.17. The molecular formula is C18H34N4O. The monoisotopic (exact) mass is 322 g/mol. The van der Waals surface area contributed by atoms with E-state index in [0.717, 1.165) is 44.8 Å². The zero-order valence-electron chi connectivity index (χ0n) is 15.8. The summed E-state index contributed by atoms with van der Waals surface area (Å²) in [6.45, 7) is 17.5. The molecule has 1 amide bonds. The van der Waals surface area contributed by atoms with E-state index in [1.165, 1.54) is 11.3 Å². The number of likely N-dealkylation sites (N-methyl/N-ethyl adjacent to an activating group) is 1. The summed E-state index contributed by atoms with van der Waals surface area (Å²) in [7, 11) is 0.